The van der Waals surface area contributed by atoms with Crippen LogP contribution in [0.15, 0.2) is 30.3 Å². The summed E-state index contributed by atoms with van der Waals surface area (Å²) in [6, 6.07) is 8.54. The minimum absolute atomic E-state index is 0.0784. The molecule has 1 aliphatic rings. The van der Waals surface area contributed by atoms with E-state index in [-0.39, 0.29) is 17.4 Å². The zero-order valence-electron chi connectivity index (χ0n) is 13.7. The molecule has 2 heterocycles. The smallest absolute Gasteiger partial charge is 0.335 e. The lowest BCUT2D eigenvalue weighted by atomic mass is 10.1. The van der Waals surface area contributed by atoms with Gasteiger partial charge < -0.3 is 10.0 Å². The van der Waals surface area contributed by atoms with Crippen LogP contribution in [0.2, 0.25) is 0 Å². The maximum atomic E-state index is 11.5. The lowest BCUT2D eigenvalue weighted by Crippen LogP contribution is -2.25. The SMILES string of the molecule is CC(=O)N1CC[C@H](c2nc(C)cc(-c3ccc(C(=O)O)cc3)n2)C1. The lowest BCUT2D eigenvalue weighted by Gasteiger charge is -2.14. The molecule has 0 unspecified atom stereocenters. The molecule has 124 valence electrons. The van der Waals surface area contributed by atoms with E-state index in [2.05, 4.69) is 9.97 Å². The second-order valence-corrected chi connectivity index (χ2v) is 6.09. The molecule has 1 saturated heterocycles. The van der Waals surface area contributed by atoms with E-state index in [1.807, 2.05) is 17.9 Å². The zero-order chi connectivity index (χ0) is 17.3. The Bertz CT molecular complexity index is 787. The molecule has 0 saturated carbocycles. The Balaban J connectivity index is 1.89. The number of carbonyl (C=O) groups is 2. The van der Waals surface area contributed by atoms with Crippen LogP contribution in [0.1, 0.15) is 41.1 Å². The quantitative estimate of drug-likeness (QED) is 0.937. The number of carboxylic acid groups (broad SMARTS) is 1. The number of carbonyl (C=O) groups excluding carboxylic acids is 1. The van der Waals surface area contributed by atoms with Crippen LogP contribution >= 0.6 is 0 Å². The molecule has 1 N–H and O–H groups in total. The van der Waals surface area contributed by atoms with Gasteiger partial charge in [0.1, 0.15) is 5.82 Å². The monoisotopic (exact) mass is 325 g/mol. The molecule has 6 nitrogen and oxygen atoms in total. The standard InChI is InChI=1S/C18H19N3O3/c1-11-9-16(13-3-5-14(6-4-13)18(23)24)20-17(19-11)15-7-8-21(10-15)12(2)22/h3-6,9,15H,7-8,10H2,1-2H3,(H,23,24)/t15-/m0/s1. The van der Waals surface area contributed by atoms with Crippen LogP contribution in [0.25, 0.3) is 11.3 Å². The van der Waals surface area contributed by atoms with Gasteiger partial charge in [0.05, 0.1) is 11.3 Å². The first-order valence-electron chi connectivity index (χ1n) is 7.89. The van der Waals surface area contributed by atoms with Crippen LogP contribution in [0.5, 0.6) is 0 Å². The van der Waals surface area contributed by atoms with Gasteiger partial charge in [-0.25, -0.2) is 14.8 Å². The van der Waals surface area contributed by atoms with Crippen molar-refractivity contribution in [3.63, 3.8) is 0 Å². The summed E-state index contributed by atoms with van der Waals surface area (Å²) in [5.41, 5.74) is 2.74. The van der Waals surface area contributed by atoms with E-state index in [1.54, 1.807) is 31.2 Å². The normalized spacial score (nSPS) is 17.1. The van der Waals surface area contributed by atoms with Gasteiger partial charge in [0.2, 0.25) is 5.91 Å². The second kappa shape index (κ2) is 6.39. The van der Waals surface area contributed by atoms with Crippen LogP contribution < -0.4 is 0 Å². The van der Waals surface area contributed by atoms with Gasteiger partial charge in [0.15, 0.2) is 0 Å². The van der Waals surface area contributed by atoms with Crippen molar-refractivity contribution in [3.8, 4) is 11.3 Å². The Kier molecular flexibility index (Phi) is 4.29. The maximum Gasteiger partial charge on any atom is 0.335 e. The van der Waals surface area contributed by atoms with Gasteiger partial charge in [0.25, 0.3) is 0 Å². The Morgan fingerprint density at radius 3 is 2.50 bits per heavy atom. The first-order chi connectivity index (χ1) is 11.4. The number of rotatable bonds is 3. The van der Waals surface area contributed by atoms with Crippen molar-refractivity contribution in [2.24, 2.45) is 0 Å². The van der Waals surface area contributed by atoms with Gasteiger partial charge in [-0.1, -0.05) is 12.1 Å². The van der Waals surface area contributed by atoms with E-state index in [0.29, 0.717) is 6.54 Å². The average Bonchev–Trinajstić information content (AvgIpc) is 3.05. The van der Waals surface area contributed by atoms with Gasteiger partial charge in [-0.05, 0) is 31.5 Å². The first kappa shape index (κ1) is 16.1. The number of hydrogen-bond donors (Lipinski definition) is 1. The number of amides is 1. The highest BCUT2D eigenvalue weighted by atomic mass is 16.4. The summed E-state index contributed by atoms with van der Waals surface area (Å²) in [5.74, 6) is 0.0212. The van der Waals surface area contributed by atoms with Crippen molar-refractivity contribution in [1.82, 2.24) is 14.9 Å². The van der Waals surface area contributed by atoms with Gasteiger partial charge >= 0.3 is 5.97 Å². The number of aromatic nitrogens is 2. The number of aryl methyl sites for hydroxylation is 1. The van der Waals surface area contributed by atoms with Gasteiger partial charge in [-0.3, -0.25) is 4.79 Å². The van der Waals surface area contributed by atoms with Crippen molar-refractivity contribution >= 4 is 11.9 Å². The molecular weight excluding hydrogens is 306 g/mol. The second-order valence-electron chi connectivity index (χ2n) is 6.09. The fraction of sp³-hybridized carbons (Fsp3) is 0.333. The van der Waals surface area contributed by atoms with Crippen LogP contribution in [0.3, 0.4) is 0 Å². The topological polar surface area (TPSA) is 83.4 Å². The number of carboxylic acids is 1. The van der Waals surface area contributed by atoms with Crippen LogP contribution in [0, 0.1) is 6.92 Å². The van der Waals surface area contributed by atoms with Crippen LogP contribution in [-0.4, -0.2) is 44.9 Å². The molecule has 1 atom stereocenters. The van der Waals surface area contributed by atoms with Crippen molar-refractivity contribution < 1.29 is 14.7 Å². The highest BCUT2D eigenvalue weighted by Crippen LogP contribution is 2.27. The third-order valence-electron chi connectivity index (χ3n) is 4.30. The molecule has 0 spiro atoms. The van der Waals surface area contributed by atoms with E-state index in [1.165, 1.54) is 0 Å². The van der Waals surface area contributed by atoms with E-state index in [9.17, 15) is 9.59 Å². The molecule has 0 bridgehead atoms. The van der Waals surface area contributed by atoms with Gasteiger partial charge in [-0.15, -0.1) is 0 Å². The van der Waals surface area contributed by atoms with E-state index in [0.717, 1.165) is 35.7 Å². The number of aromatic carboxylic acids is 1. The minimum Gasteiger partial charge on any atom is -0.478 e. The number of likely N-dealkylation sites (tertiary alicyclic amines) is 1. The number of nitrogens with zero attached hydrogens (tertiary/aromatic N) is 3. The highest BCUT2D eigenvalue weighted by Gasteiger charge is 2.27. The predicted molar refractivity (Wildman–Crippen MR) is 88.8 cm³/mol. The molecule has 1 fully saturated rings. The maximum absolute atomic E-state index is 11.5. The summed E-state index contributed by atoms with van der Waals surface area (Å²) < 4.78 is 0. The average molecular weight is 325 g/mol. The molecule has 0 radical (unpaired) electrons. The van der Waals surface area contributed by atoms with Crippen molar-refractivity contribution in [2.75, 3.05) is 13.1 Å². The van der Waals surface area contributed by atoms with Gasteiger partial charge in [-0.2, -0.15) is 0 Å². The lowest BCUT2D eigenvalue weighted by molar-refractivity contribution is -0.127. The fourth-order valence-electron chi connectivity index (χ4n) is 2.96. The minimum atomic E-state index is -0.948. The zero-order valence-corrected chi connectivity index (χ0v) is 13.7. The summed E-state index contributed by atoms with van der Waals surface area (Å²) in [5, 5.41) is 8.99. The van der Waals surface area contributed by atoms with Crippen molar-refractivity contribution in [1.29, 1.82) is 0 Å². The molecule has 1 aliphatic heterocycles. The molecule has 1 aromatic carbocycles. The molecule has 1 amide bonds. The largest absolute Gasteiger partial charge is 0.478 e. The molecule has 0 aliphatic carbocycles. The Morgan fingerprint density at radius 2 is 1.92 bits per heavy atom. The fourth-order valence-corrected chi connectivity index (χ4v) is 2.96. The highest BCUT2D eigenvalue weighted by molar-refractivity contribution is 5.88. The Labute approximate surface area is 140 Å². The summed E-state index contributed by atoms with van der Waals surface area (Å²) in [7, 11) is 0. The number of benzene rings is 1. The van der Waals surface area contributed by atoms with Crippen molar-refractivity contribution in [2.45, 2.75) is 26.2 Å². The van der Waals surface area contributed by atoms with Gasteiger partial charge in [0, 0.05) is 37.2 Å². The number of hydrogen-bond acceptors (Lipinski definition) is 4. The third kappa shape index (κ3) is 3.27. The first-order valence-corrected chi connectivity index (χ1v) is 7.89. The molecule has 1 aromatic heterocycles. The van der Waals surface area contributed by atoms with E-state index < -0.39 is 5.97 Å². The molecule has 6 heteroatoms. The third-order valence-corrected chi connectivity index (χ3v) is 4.30. The summed E-state index contributed by atoms with van der Waals surface area (Å²) in [6.45, 7) is 4.88. The van der Waals surface area contributed by atoms with E-state index in [4.69, 9.17) is 5.11 Å². The molecular formula is C18H19N3O3. The van der Waals surface area contributed by atoms with Crippen molar-refractivity contribution in [3.05, 3.63) is 47.4 Å². The molecule has 2 aromatic rings. The van der Waals surface area contributed by atoms with E-state index >= 15 is 0 Å². The van der Waals surface area contributed by atoms with Crippen LogP contribution in [-0.2, 0) is 4.79 Å². The summed E-state index contributed by atoms with van der Waals surface area (Å²) in [6.07, 6.45) is 0.862. The van der Waals surface area contributed by atoms with Crippen LogP contribution in [0.4, 0.5) is 0 Å². The summed E-state index contributed by atoms with van der Waals surface area (Å²) >= 11 is 0. The molecule has 3 rings (SSSR count). The Morgan fingerprint density at radius 1 is 1.21 bits per heavy atom. The Hall–Kier alpha value is -2.76. The predicted octanol–water partition coefficient (Wildman–Crippen LogP) is 2.49. The molecule has 24 heavy (non-hydrogen) atoms. The summed E-state index contributed by atoms with van der Waals surface area (Å²) in [4.78, 5) is 33.5.